The SMILES string of the molecule is Brc1ccc2nc(-c3cccnc3)c(NC3CCCCC3)n2c1. The molecule has 1 aliphatic rings. The van der Waals surface area contributed by atoms with E-state index in [4.69, 9.17) is 4.98 Å². The monoisotopic (exact) mass is 370 g/mol. The van der Waals surface area contributed by atoms with Crippen LogP contribution in [0.4, 0.5) is 5.82 Å². The predicted octanol–water partition coefficient (Wildman–Crippen LogP) is 4.90. The van der Waals surface area contributed by atoms with Gasteiger partial charge in [0, 0.05) is 34.7 Å². The standard InChI is InChI=1S/C18H19BrN4/c19-14-8-9-16-22-17(13-5-4-10-20-11-13)18(23(16)12-14)21-15-6-2-1-3-7-15/h4-5,8-12,15,21H,1-3,6-7H2. The van der Waals surface area contributed by atoms with Crippen molar-refractivity contribution in [2.45, 2.75) is 38.1 Å². The van der Waals surface area contributed by atoms with Crippen LogP contribution in [-0.2, 0) is 0 Å². The highest BCUT2D eigenvalue weighted by atomic mass is 79.9. The fraction of sp³-hybridized carbons (Fsp3) is 0.333. The van der Waals surface area contributed by atoms with Gasteiger partial charge in [-0.15, -0.1) is 0 Å². The van der Waals surface area contributed by atoms with Crippen molar-refractivity contribution in [2.75, 3.05) is 5.32 Å². The number of fused-ring (bicyclic) bond motifs is 1. The van der Waals surface area contributed by atoms with Crippen LogP contribution >= 0.6 is 15.9 Å². The minimum absolute atomic E-state index is 0.526. The van der Waals surface area contributed by atoms with E-state index in [-0.39, 0.29) is 0 Å². The molecule has 0 radical (unpaired) electrons. The van der Waals surface area contributed by atoms with Crippen LogP contribution in [0.1, 0.15) is 32.1 Å². The molecular weight excluding hydrogens is 352 g/mol. The second-order valence-corrected chi connectivity index (χ2v) is 7.02. The van der Waals surface area contributed by atoms with Gasteiger partial charge in [0.2, 0.25) is 0 Å². The third kappa shape index (κ3) is 2.98. The smallest absolute Gasteiger partial charge is 0.139 e. The first kappa shape index (κ1) is 14.7. The second kappa shape index (κ2) is 6.32. The largest absolute Gasteiger partial charge is 0.367 e. The van der Waals surface area contributed by atoms with Crippen LogP contribution < -0.4 is 5.32 Å². The molecule has 3 heterocycles. The van der Waals surface area contributed by atoms with Crippen molar-refractivity contribution in [3.8, 4) is 11.3 Å². The van der Waals surface area contributed by atoms with Gasteiger partial charge < -0.3 is 5.32 Å². The summed E-state index contributed by atoms with van der Waals surface area (Å²) in [6, 6.07) is 8.61. The number of hydrogen-bond donors (Lipinski definition) is 1. The fourth-order valence-electron chi connectivity index (χ4n) is 3.30. The van der Waals surface area contributed by atoms with Gasteiger partial charge in [-0.25, -0.2) is 4.98 Å². The number of nitrogens with one attached hydrogen (secondary N) is 1. The van der Waals surface area contributed by atoms with Crippen LogP contribution in [0.2, 0.25) is 0 Å². The summed E-state index contributed by atoms with van der Waals surface area (Å²) in [4.78, 5) is 9.08. The minimum Gasteiger partial charge on any atom is -0.367 e. The summed E-state index contributed by atoms with van der Waals surface area (Å²) < 4.78 is 3.19. The van der Waals surface area contributed by atoms with Crippen LogP contribution in [0, 0.1) is 0 Å². The van der Waals surface area contributed by atoms with E-state index >= 15 is 0 Å². The van der Waals surface area contributed by atoms with Gasteiger partial charge >= 0.3 is 0 Å². The zero-order valence-corrected chi connectivity index (χ0v) is 14.5. The third-order valence-electron chi connectivity index (χ3n) is 4.46. The van der Waals surface area contributed by atoms with Crippen LogP contribution in [0.5, 0.6) is 0 Å². The maximum absolute atomic E-state index is 4.83. The molecule has 0 saturated heterocycles. The molecule has 1 aliphatic carbocycles. The van der Waals surface area contributed by atoms with E-state index in [1.807, 2.05) is 24.4 Å². The lowest BCUT2D eigenvalue weighted by atomic mass is 9.95. The van der Waals surface area contributed by atoms with E-state index in [0.717, 1.165) is 27.2 Å². The van der Waals surface area contributed by atoms with Crippen molar-refractivity contribution in [2.24, 2.45) is 0 Å². The number of imidazole rings is 1. The maximum atomic E-state index is 4.83. The first-order chi connectivity index (χ1) is 11.3. The Kier molecular flexibility index (Phi) is 4.04. The summed E-state index contributed by atoms with van der Waals surface area (Å²) in [5.41, 5.74) is 2.97. The molecular formula is C18H19BrN4. The van der Waals surface area contributed by atoms with Crippen LogP contribution in [0.3, 0.4) is 0 Å². The van der Waals surface area contributed by atoms with E-state index in [1.165, 1.54) is 32.1 Å². The number of hydrogen-bond acceptors (Lipinski definition) is 3. The molecule has 0 amide bonds. The molecule has 4 rings (SSSR count). The molecule has 1 N–H and O–H groups in total. The van der Waals surface area contributed by atoms with Crippen molar-refractivity contribution < 1.29 is 0 Å². The number of anilines is 1. The Labute approximate surface area is 144 Å². The lowest BCUT2D eigenvalue weighted by Crippen LogP contribution is -2.23. The predicted molar refractivity (Wildman–Crippen MR) is 96.6 cm³/mol. The lowest BCUT2D eigenvalue weighted by Gasteiger charge is -2.24. The molecule has 0 aromatic carbocycles. The Morgan fingerprint density at radius 3 is 2.78 bits per heavy atom. The molecule has 23 heavy (non-hydrogen) atoms. The van der Waals surface area contributed by atoms with Gasteiger partial charge in [-0.1, -0.05) is 19.3 Å². The summed E-state index contributed by atoms with van der Waals surface area (Å²) >= 11 is 3.57. The molecule has 5 heteroatoms. The summed E-state index contributed by atoms with van der Waals surface area (Å²) in [5.74, 6) is 1.07. The average Bonchev–Trinajstić information content (AvgIpc) is 2.95. The Morgan fingerprint density at radius 1 is 1.13 bits per heavy atom. The Bertz CT molecular complexity index is 807. The highest BCUT2D eigenvalue weighted by Crippen LogP contribution is 2.31. The molecule has 0 bridgehead atoms. The number of aromatic nitrogens is 3. The van der Waals surface area contributed by atoms with Crippen molar-refractivity contribution in [1.29, 1.82) is 0 Å². The minimum atomic E-state index is 0.526. The molecule has 3 aromatic heterocycles. The summed E-state index contributed by atoms with van der Waals surface area (Å²) in [7, 11) is 0. The second-order valence-electron chi connectivity index (χ2n) is 6.11. The van der Waals surface area contributed by atoms with Crippen molar-refractivity contribution in [3.05, 3.63) is 47.3 Å². The third-order valence-corrected chi connectivity index (χ3v) is 4.93. The number of rotatable bonds is 3. The highest BCUT2D eigenvalue weighted by Gasteiger charge is 2.19. The first-order valence-electron chi connectivity index (χ1n) is 8.16. The highest BCUT2D eigenvalue weighted by molar-refractivity contribution is 9.10. The van der Waals surface area contributed by atoms with Crippen molar-refractivity contribution in [1.82, 2.24) is 14.4 Å². The normalized spacial score (nSPS) is 15.9. The number of nitrogens with zero attached hydrogens (tertiary/aromatic N) is 3. The van der Waals surface area contributed by atoms with Gasteiger partial charge in [-0.3, -0.25) is 9.38 Å². The van der Waals surface area contributed by atoms with Crippen molar-refractivity contribution >= 4 is 27.4 Å². The summed E-state index contributed by atoms with van der Waals surface area (Å²) in [6.07, 6.45) is 12.2. The van der Waals surface area contributed by atoms with E-state index < -0.39 is 0 Å². The van der Waals surface area contributed by atoms with Crippen molar-refractivity contribution in [3.63, 3.8) is 0 Å². The zero-order valence-electron chi connectivity index (χ0n) is 12.9. The van der Waals surface area contributed by atoms with Gasteiger partial charge in [0.25, 0.3) is 0 Å². The van der Waals surface area contributed by atoms with Gasteiger partial charge in [0.05, 0.1) is 0 Å². The van der Waals surface area contributed by atoms with Crippen LogP contribution in [0.15, 0.2) is 47.3 Å². The van der Waals surface area contributed by atoms with Crippen LogP contribution in [-0.4, -0.2) is 20.4 Å². The molecule has 1 fully saturated rings. The number of pyridine rings is 2. The molecule has 4 nitrogen and oxygen atoms in total. The molecule has 3 aromatic rings. The number of halogens is 1. The Balaban J connectivity index is 1.82. The van der Waals surface area contributed by atoms with Gasteiger partial charge in [-0.05, 0) is 53.0 Å². The van der Waals surface area contributed by atoms with Gasteiger partial charge in [0.1, 0.15) is 17.2 Å². The Morgan fingerprint density at radius 2 is 2.00 bits per heavy atom. The van der Waals surface area contributed by atoms with E-state index in [0.29, 0.717) is 6.04 Å². The first-order valence-corrected chi connectivity index (χ1v) is 8.95. The molecule has 118 valence electrons. The Hall–Kier alpha value is -1.88. The maximum Gasteiger partial charge on any atom is 0.139 e. The average molecular weight is 371 g/mol. The molecule has 1 saturated carbocycles. The quantitative estimate of drug-likeness (QED) is 0.712. The lowest BCUT2D eigenvalue weighted by molar-refractivity contribution is 0.462. The molecule has 0 atom stereocenters. The van der Waals surface area contributed by atoms with Crippen LogP contribution in [0.25, 0.3) is 16.9 Å². The van der Waals surface area contributed by atoms with Gasteiger partial charge in [-0.2, -0.15) is 0 Å². The fourth-order valence-corrected chi connectivity index (χ4v) is 3.64. The molecule has 0 aliphatic heterocycles. The molecule has 0 spiro atoms. The topological polar surface area (TPSA) is 42.2 Å². The van der Waals surface area contributed by atoms with E-state index in [2.05, 4.69) is 42.9 Å². The molecule has 0 unspecified atom stereocenters. The van der Waals surface area contributed by atoms with E-state index in [9.17, 15) is 0 Å². The van der Waals surface area contributed by atoms with Gasteiger partial charge in [0.15, 0.2) is 0 Å². The summed E-state index contributed by atoms with van der Waals surface area (Å²) in [6.45, 7) is 0. The van der Waals surface area contributed by atoms with E-state index in [1.54, 1.807) is 6.20 Å². The zero-order chi connectivity index (χ0) is 15.6. The summed E-state index contributed by atoms with van der Waals surface area (Å²) in [5, 5.41) is 3.75.